The number of nitrogens with zero attached hydrogens (tertiary/aromatic N) is 4. The number of anilines is 2. The van der Waals surface area contributed by atoms with Crippen molar-refractivity contribution >= 4 is 49.0 Å². The van der Waals surface area contributed by atoms with Crippen LogP contribution in [0.3, 0.4) is 0 Å². The second-order valence-corrected chi connectivity index (χ2v) is 10.3. The first-order valence-electron chi connectivity index (χ1n) is 8.56. The van der Waals surface area contributed by atoms with Gasteiger partial charge in [0.2, 0.25) is 16.0 Å². The minimum absolute atomic E-state index is 0.0101. The van der Waals surface area contributed by atoms with Gasteiger partial charge >= 0.3 is 0 Å². The number of sulfonamides is 2. The van der Waals surface area contributed by atoms with E-state index in [1.165, 1.54) is 35.1 Å². The van der Waals surface area contributed by atoms with Gasteiger partial charge in [-0.1, -0.05) is 0 Å². The van der Waals surface area contributed by atoms with Gasteiger partial charge in [-0.2, -0.15) is 4.31 Å². The van der Waals surface area contributed by atoms with E-state index in [-0.39, 0.29) is 10.8 Å². The monoisotopic (exact) mass is 456 g/mol. The molecule has 1 aliphatic rings. The maximum Gasteiger partial charge on any atom is 0.264 e. The molecule has 0 aliphatic carbocycles. The van der Waals surface area contributed by atoms with Gasteiger partial charge in [0.15, 0.2) is 5.11 Å². The molecule has 0 unspecified atom stereocenters. The van der Waals surface area contributed by atoms with Gasteiger partial charge < -0.3 is 10.2 Å². The van der Waals surface area contributed by atoms with Crippen molar-refractivity contribution in [3.05, 3.63) is 42.7 Å². The Morgan fingerprint density at radius 2 is 1.59 bits per heavy atom. The molecular weight excluding hydrogens is 436 g/mol. The number of nitrogens with one attached hydrogen (secondary N) is 2. The fourth-order valence-electron chi connectivity index (χ4n) is 2.67. The van der Waals surface area contributed by atoms with Gasteiger partial charge in [0, 0.05) is 44.3 Å². The van der Waals surface area contributed by atoms with Gasteiger partial charge in [-0.15, -0.1) is 0 Å². The van der Waals surface area contributed by atoms with E-state index >= 15 is 0 Å². The average molecular weight is 457 g/mol. The molecule has 1 aromatic heterocycles. The zero-order valence-corrected chi connectivity index (χ0v) is 18.0. The molecule has 0 spiro atoms. The van der Waals surface area contributed by atoms with Crippen LogP contribution in [0.15, 0.2) is 47.6 Å². The molecule has 2 heterocycles. The van der Waals surface area contributed by atoms with Crippen molar-refractivity contribution in [2.75, 3.05) is 42.5 Å². The maximum atomic E-state index is 12.4. The minimum Gasteiger partial charge on any atom is -0.346 e. The zero-order valence-electron chi connectivity index (χ0n) is 15.5. The number of hydrogen-bond donors (Lipinski definition) is 2. The number of aromatic nitrogens is 2. The highest BCUT2D eigenvalue weighted by Gasteiger charge is 2.24. The fourth-order valence-corrected chi connectivity index (χ4v) is 4.76. The number of piperazine rings is 1. The van der Waals surface area contributed by atoms with Crippen molar-refractivity contribution in [1.29, 1.82) is 0 Å². The summed E-state index contributed by atoms with van der Waals surface area (Å²) in [5.74, 6) is -0.0101. The van der Waals surface area contributed by atoms with Crippen LogP contribution in [0, 0.1) is 0 Å². The van der Waals surface area contributed by atoms with Crippen LogP contribution in [0.1, 0.15) is 0 Å². The predicted molar refractivity (Wildman–Crippen MR) is 113 cm³/mol. The lowest BCUT2D eigenvalue weighted by Gasteiger charge is -2.34. The summed E-state index contributed by atoms with van der Waals surface area (Å²) < 4.78 is 51.7. The molecule has 0 amide bonds. The van der Waals surface area contributed by atoms with Crippen LogP contribution in [0.5, 0.6) is 0 Å². The molecule has 1 aliphatic heterocycles. The summed E-state index contributed by atoms with van der Waals surface area (Å²) in [6, 6.07) is 7.66. The van der Waals surface area contributed by atoms with Gasteiger partial charge in [0.1, 0.15) is 0 Å². The lowest BCUT2D eigenvalue weighted by Crippen LogP contribution is -2.51. The Balaban J connectivity index is 1.60. The summed E-state index contributed by atoms with van der Waals surface area (Å²) in [5, 5.41) is 3.49. The molecule has 0 radical (unpaired) electrons. The number of benzene rings is 1. The molecule has 2 aromatic rings. The quantitative estimate of drug-likeness (QED) is 0.621. The summed E-state index contributed by atoms with van der Waals surface area (Å²) >= 11 is 5.38. The van der Waals surface area contributed by atoms with Crippen molar-refractivity contribution in [3.8, 4) is 0 Å². The normalized spacial score (nSPS) is 15.7. The first kappa shape index (κ1) is 21.4. The lowest BCUT2D eigenvalue weighted by molar-refractivity contribution is 0.270. The Hall–Kier alpha value is -2.35. The summed E-state index contributed by atoms with van der Waals surface area (Å²) in [6.07, 6.45) is 4.07. The topological polar surface area (TPSA) is 125 Å². The summed E-state index contributed by atoms with van der Waals surface area (Å²) in [6.45, 7) is 1.69. The third-order valence-electron chi connectivity index (χ3n) is 4.20. The molecule has 10 nitrogen and oxygen atoms in total. The SMILES string of the molecule is CS(=O)(=O)N1CCN(C(=S)Nc2ccc(S(=O)(=O)Nc3ncccn3)cc2)CC1. The molecule has 0 atom stereocenters. The molecule has 1 saturated heterocycles. The Bertz CT molecular complexity index is 1070. The first-order chi connectivity index (χ1) is 13.6. The predicted octanol–water partition coefficient (Wildman–Crippen LogP) is 0.551. The Kier molecular flexibility index (Phi) is 6.31. The van der Waals surface area contributed by atoms with E-state index in [2.05, 4.69) is 20.0 Å². The molecule has 1 fully saturated rings. The first-order valence-corrected chi connectivity index (χ1v) is 12.3. The van der Waals surface area contributed by atoms with Crippen LogP contribution < -0.4 is 10.0 Å². The largest absolute Gasteiger partial charge is 0.346 e. The van der Waals surface area contributed by atoms with Gasteiger partial charge in [0.05, 0.1) is 11.2 Å². The molecule has 3 rings (SSSR count). The molecule has 1 aromatic carbocycles. The zero-order chi connectivity index (χ0) is 21.1. The Morgan fingerprint density at radius 1 is 1.00 bits per heavy atom. The van der Waals surface area contributed by atoms with Gasteiger partial charge in [0.25, 0.3) is 10.0 Å². The Labute approximate surface area is 175 Å². The molecule has 0 saturated carbocycles. The van der Waals surface area contributed by atoms with Crippen molar-refractivity contribution in [2.45, 2.75) is 4.90 Å². The smallest absolute Gasteiger partial charge is 0.264 e. The molecule has 29 heavy (non-hydrogen) atoms. The third-order valence-corrected chi connectivity index (χ3v) is 7.21. The van der Waals surface area contributed by atoms with E-state index in [0.29, 0.717) is 37.0 Å². The van der Waals surface area contributed by atoms with Crippen molar-refractivity contribution in [1.82, 2.24) is 19.2 Å². The van der Waals surface area contributed by atoms with E-state index in [1.54, 1.807) is 18.2 Å². The van der Waals surface area contributed by atoms with E-state index in [4.69, 9.17) is 12.2 Å². The van der Waals surface area contributed by atoms with E-state index < -0.39 is 20.0 Å². The Morgan fingerprint density at radius 3 is 2.14 bits per heavy atom. The van der Waals surface area contributed by atoms with Crippen LogP contribution in [0.2, 0.25) is 0 Å². The maximum absolute atomic E-state index is 12.4. The number of thiocarbonyl (C=S) groups is 1. The van der Waals surface area contributed by atoms with Crippen molar-refractivity contribution in [2.24, 2.45) is 0 Å². The minimum atomic E-state index is -3.81. The number of rotatable bonds is 5. The highest BCUT2D eigenvalue weighted by Crippen LogP contribution is 2.17. The molecule has 13 heteroatoms. The van der Waals surface area contributed by atoms with Gasteiger partial charge in [-0.05, 0) is 42.5 Å². The highest BCUT2D eigenvalue weighted by atomic mass is 32.2. The van der Waals surface area contributed by atoms with Crippen LogP contribution in [-0.2, 0) is 20.0 Å². The summed E-state index contributed by atoms with van der Waals surface area (Å²) in [5.41, 5.74) is 0.621. The molecule has 156 valence electrons. The van der Waals surface area contributed by atoms with Crippen molar-refractivity contribution < 1.29 is 16.8 Å². The summed E-state index contributed by atoms with van der Waals surface area (Å²) in [4.78, 5) is 9.61. The standard InChI is InChI=1S/C16H20N6O4S3/c1-28(23,24)22-11-9-21(10-12-22)16(27)19-13-3-5-14(6-4-13)29(25,26)20-15-17-7-2-8-18-15/h2-8H,9-12H2,1H3,(H,19,27)(H,17,18,20). The van der Waals surface area contributed by atoms with Crippen LogP contribution in [0.25, 0.3) is 0 Å². The van der Waals surface area contributed by atoms with E-state index in [0.717, 1.165) is 0 Å². The highest BCUT2D eigenvalue weighted by molar-refractivity contribution is 7.92. The lowest BCUT2D eigenvalue weighted by atomic mass is 10.3. The fraction of sp³-hybridized carbons (Fsp3) is 0.312. The van der Waals surface area contributed by atoms with Gasteiger partial charge in [-0.3, -0.25) is 0 Å². The second-order valence-electron chi connectivity index (χ2n) is 6.28. The third kappa shape index (κ3) is 5.59. The molecule has 2 N–H and O–H groups in total. The average Bonchev–Trinajstić information content (AvgIpc) is 2.68. The molecule has 0 bridgehead atoms. The van der Waals surface area contributed by atoms with Crippen LogP contribution >= 0.6 is 12.2 Å². The van der Waals surface area contributed by atoms with Crippen molar-refractivity contribution in [3.63, 3.8) is 0 Å². The second kappa shape index (κ2) is 8.57. The van der Waals surface area contributed by atoms with Crippen LogP contribution in [-0.4, -0.2) is 73.6 Å². The molecular formula is C16H20N6O4S3. The van der Waals surface area contributed by atoms with E-state index in [1.807, 2.05) is 4.90 Å². The van der Waals surface area contributed by atoms with Gasteiger partial charge in [-0.25, -0.2) is 31.5 Å². The number of hydrogen-bond acceptors (Lipinski definition) is 7. The van der Waals surface area contributed by atoms with Crippen LogP contribution in [0.4, 0.5) is 11.6 Å². The summed E-state index contributed by atoms with van der Waals surface area (Å²) in [7, 11) is -7.01. The van der Waals surface area contributed by atoms with E-state index in [9.17, 15) is 16.8 Å².